The van der Waals surface area contributed by atoms with E-state index >= 15 is 0 Å². The number of anilines is 1. The van der Waals surface area contributed by atoms with E-state index in [1.165, 1.54) is 30.5 Å². The molecule has 2 heteroatoms. The standard InChI is InChI=1S/C16H28N2/c1-5-8-13(3)18-16-10-7-9-15(12-16)14(4)17-11-6-2/h7,9-10,12-14,17-18H,5-6,8,11H2,1-4H3. The van der Waals surface area contributed by atoms with Crippen molar-refractivity contribution in [1.82, 2.24) is 5.32 Å². The van der Waals surface area contributed by atoms with Crippen molar-refractivity contribution in [3.63, 3.8) is 0 Å². The van der Waals surface area contributed by atoms with E-state index in [4.69, 9.17) is 0 Å². The summed E-state index contributed by atoms with van der Waals surface area (Å²) in [6, 6.07) is 9.72. The average molecular weight is 248 g/mol. The Morgan fingerprint density at radius 1 is 1.11 bits per heavy atom. The summed E-state index contributed by atoms with van der Waals surface area (Å²) < 4.78 is 0. The molecule has 1 rings (SSSR count). The topological polar surface area (TPSA) is 24.1 Å². The highest BCUT2D eigenvalue weighted by molar-refractivity contribution is 5.47. The van der Waals surface area contributed by atoms with Gasteiger partial charge in [-0.2, -0.15) is 0 Å². The van der Waals surface area contributed by atoms with Gasteiger partial charge in [-0.3, -0.25) is 0 Å². The molecule has 0 radical (unpaired) electrons. The van der Waals surface area contributed by atoms with Gasteiger partial charge in [-0.05, 0) is 50.9 Å². The normalized spacial score (nSPS) is 14.2. The molecule has 0 amide bonds. The third-order valence-electron chi connectivity index (χ3n) is 3.22. The van der Waals surface area contributed by atoms with Crippen molar-refractivity contribution >= 4 is 5.69 Å². The van der Waals surface area contributed by atoms with Gasteiger partial charge in [0.05, 0.1) is 0 Å². The van der Waals surface area contributed by atoms with E-state index in [0.29, 0.717) is 12.1 Å². The Kier molecular flexibility index (Phi) is 6.81. The van der Waals surface area contributed by atoms with Crippen LogP contribution in [0, 0.1) is 0 Å². The van der Waals surface area contributed by atoms with Gasteiger partial charge < -0.3 is 10.6 Å². The van der Waals surface area contributed by atoms with Crippen molar-refractivity contribution in [2.24, 2.45) is 0 Å². The molecule has 0 saturated heterocycles. The summed E-state index contributed by atoms with van der Waals surface area (Å²) >= 11 is 0. The van der Waals surface area contributed by atoms with Crippen LogP contribution in [0.25, 0.3) is 0 Å². The van der Waals surface area contributed by atoms with Gasteiger partial charge in [0, 0.05) is 17.8 Å². The lowest BCUT2D eigenvalue weighted by molar-refractivity contribution is 0.570. The maximum absolute atomic E-state index is 3.57. The maximum atomic E-state index is 3.57. The molecule has 2 unspecified atom stereocenters. The molecule has 0 spiro atoms. The van der Waals surface area contributed by atoms with Gasteiger partial charge in [0.2, 0.25) is 0 Å². The smallest absolute Gasteiger partial charge is 0.0345 e. The van der Waals surface area contributed by atoms with Crippen LogP contribution in [0.3, 0.4) is 0 Å². The fourth-order valence-corrected chi connectivity index (χ4v) is 2.17. The van der Waals surface area contributed by atoms with Crippen molar-refractivity contribution in [2.75, 3.05) is 11.9 Å². The summed E-state index contributed by atoms with van der Waals surface area (Å²) in [6.07, 6.45) is 3.62. The van der Waals surface area contributed by atoms with Crippen LogP contribution in [-0.4, -0.2) is 12.6 Å². The second-order valence-corrected chi connectivity index (χ2v) is 5.14. The van der Waals surface area contributed by atoms with Gasteiger partial charge in [0.15, 0.2) is 0 Å². The first-order valence-corrected chi connectivity index (χ1v) is 7.27. The van der Waals surface area contributed by atoms with E-state index in [1.54, 1.807) is 0 Å². The van der Waals surface area contributed by atoms with Crippen LogP contribution < -0.4 is 10.6 Å². The Morgan fingerprint density at radius 3 is 2.56 bits per heavy atom. The molecule has 2 atom stereocenters. The first-order valence-electron chi connectivity index (χ1n) is 7.27. The molecule has 0 saturated carbocycles. The van der Waals surface area contributed by atoms with E-state index in [-0.39, 0.29) is 0 Å². The zero-order valence-corrected chi connectivity index (χ0v) is 12.3. The molecule has 102 valence electrons. The Bertz CT molecular complexity index is 336. The van der Waals surface area contributed by atoms with Crippen LogP contribution in [0.1, 0.15) is 58.6 Å². The van der Waals surface area contributed by atoms with Gasteiger partial charge in [-0.25, -0.2) is 0 Å². The van der Waals surface area contributed by atoms with Crippen LogP contribution in [0.15, 0.2) is 24.3 Å². The van der Waals surface area contributed by atoms with Gasteiger partial charge in [0.25, 0.3) is 0 Å². The molecular formula is C16H28N2. The minimum Gasteiger partial charge on any atom is -0.383 e. The highest BCUT2D eigenvalue weighted by atomic mass is 14.9. The third kappa shape index (κ3) is 5.09. The molecule has 0 bridgehead atoms. The molecule has 1 aromatic rings. The molecule has 2 nitrogen and oxygen atoms in total. The quantitative estimate of drug-likeness (QED) is 0.715. The molecule has 0 fully saturated rings. The highest BCUT2D eigenvalue weighted by Gasteiger charge is 2.06. The largest absolute Gasteiger partial charge is 0.383 e. The summed E-state index contributed by atoms with van der Waals surface area (Å²) in [7, 11) is 0. The Morgan fingerprint density at radius 2 is 1.89 bits per heavy atom. The molecule has 2 N–H and O–H groups in total. The SMILES string of the molecule is CCCNC(C)c1cccc(NC(C)CCC)c1. The second-order valence-electron chi connectivity index (χ2n) is 5.14. The van der Waals surface area contributed by atoms with Crippen LogP contribution in [0.2, 0.25) is 0 Å². The minimum atomic E-state index is 0.424. The summed E-state index contributed by atoms with van der Waals surface area (Å²) in [4.78, 5) is 0. The van der Waals surface area contributed by atoms with E-state index in [9.17, 15) is 0 Å². The van der Waals surface area contributed by atoms with Crippen molar-refractivity contribution in [3.8, 4) is 0 Å². The zero-order chi connectivity index (χ0) is 13.4. The number of nitrogens with one attached hydrogen (secondary N) is 2. The first-order chi connectivity index (χ1) is 8.67. The monoisotopic (exact) mass is 248 g/mol. The lowest BCUT2D eigenvalue weighted by Gasteiger charge is -2.18. The molecule has 0 aliphatic carbocycles. The summed E-state index contributed by atoms with van der Waals surface area (Å²) in [6.45, 7) is 9.97. The fourth-order valence-electron chi connectivity index (χ4n) is 2.17. The number of hydrogen-bond donors (Lipinski definition) is 2. The Balaban J connectivity index is 2.61. The minimum absolute atomic E-state index is 0.424. The summed E-state index contributed by atoms with van der Waals surface area (Å²) in [5, 5.41) is 7.09. The number of hydrogen-bond acceptors (Lipinski definition) is 2. The zero-order valence-electron chi connectivity index (χ0n) is 12.3. The molecule has 18 heavy (non-hydrogen) atoms. The predicted molar refractivity (Wildman–Crippen MR) is 81.1 cm³/mol. The third-order valence-corrected chi connectivity index (χ3v) is 3.22. The molecule has 0 heterocycles. The first kappa shape index (κ1) is 15.0. The number of benzene rings is 1. The molecule has 0 aliphatic rings. The maximum Gasteiger partial charge on any atom is 0.0345 e. The number of rotatable bonds is 8. The van der Waals surface area contributed by atoms with Crippen molar-refractivity contribution in [2.45, 2.75) is 59.0 Å². The summed E-state index contributed by atoms with van der Waals surface area (Å²) in [5.74, 6) is 0. The van der Waals surface area contributed by atoms with Gasteiger partial charge >= 0.3 is 0 Å². The van der Waals surface area contributed by atoms with Crippen LogP contribution in [0.4, 0.5) is 5.69 Å². The molecule has 0 aromatic heterocycles. The molecule has 1 aromatic carbocycles. The van der Waals surface area contributed by atoms with E-state index in [2.05, 4.69) is 62.6 Å². The van der Waals surface area contributed by atoms with Gasteiger partial charge in [-0.1, -0.05) is 32.4 Å². The van der Waals surface area contributed by atoms with Gasteiger partial charge in [0.1, 0.15) is 0 Å². The van der Waals surface area contributed by atoms with Crippen molar-refractivity contribution < 1.29 is 0 Å². The lowest BCUT2D eigenvalue weighted by Crippen LogP contribution is -2.20. The Hall–Kier alpha value is -1.02. The highest BCUT2D eigenvalue weighted by Crippen LogP contribution is 2.18. The summed E-state index contributed by atoms with van der Waals surface area (Å²) in [5.41, 5.74) is 2.59. The van der Waals surface area contributed by atoms with E-state index in [0.717, 1.165) is 6.54 Å². The van der Waals surface area contributed by atoms with Gasteiger partial charge in [-0.15, -0.1) is 0 Å². The fraction of sp³-hybridized carbons (Fsp3) is 0.625. The van der Waals surface area contributed by atoms with Crippen molar-refractivity contribution in [3.05, 3.63) is 29.8 Å². The van der Waals surface area contributed by atoms with E-state index < -0.39 is 0 Å². The predicted octanol–water partition coefficient (Wildman–Crippen LogP) is 4.35. The lowest BCUT2D eigenvalue weighted by atomic mass is 10.1. The molecular weight excluding hydrogens is 220 g/mol. The van der Waals surface area contributed by atoms with Crippen LogP contribution in [0.5, 0.6) is 0 Å². The van der Waals surface area contributed by atoms with Crippen LogP contribution in [-0.2, 0) is 0 Å². The van der Waals surface area contributed by atoms with Crippen LogP contribution >= 0.6 is 0 Å². The van der Waals surface area contributed by atoms with E-state index in [1.807, 2.05) is 0 Å². The second kappa shape index (κ2) is 8.15. The Labute approximate surface area is 112 Å². The van der Waals surface area contributed by atoms with Crippen molar-refractivity contribution in [1.29, 1.82) is 0 Å². The molecule has 0 aliphatic heterocycles. The average Bonchev–Trinajstić information content (AvgIpc) is 2.36.